The standard InChI is InChI=1S/C25H41F3O3/c1-4-5-6-7-8-12-17-22(25(29,30-2)31-3)18-13-10-9-11-15-21-16-14-19-23(20-21)24(26,27)28/h14,16,19-20,22,29H,4-13,15,17-18H2,1-3H3. The fourth-order valence-corrected chi connectivity index (χ4v) is 4.07. The summed E-state index contributed by atoms with van der Waals surface area (Å²) in [5.41, 5.74) is 0.143. The van der Waals surface area contributed by atoms with E-state index in [1.165, 1.54) is 52.0 Å². The molecule has 180 valence electrons. The second-order valence-corrected chi connectivity index (χ2v) is 8.44. The summed E-state index contributed by atoms with van der Waals surface area (Å²) in [6.45, 7) is 2.20. The van der Waals surface area contributed by atoms with E-state index >= 15 is 0 Å². The van der Waals surface area contributed by atoms with E-state index < -0.39 is 17.7 Å². The second-order valence-electron chi connectivity index (χ2n) is 8.44. The summed E-state index contributed by atoms with van der Waals surface area (Å²) in [7, 11) is 2.93. The van der Waals surface area contributed by atoms with E-state index in [1.807, 2.05) is 0 Å². The summed E-state index contributed by atoms with van der Waals surface area (Å²) in [5.74, 6) is -1.64. The summed E-state index contributed by atoms with van der Waals surface area (Å²) >= 11 is 0. The number of benzene rings is 1. The van der Waals surface area contributed by atoms with Gasteiger partial charge in [0.15, 0.2) is 0 Å². The monoisotopic (exact) mass is 446 g/mol. The Bertz CT molecular complexity index is 586. The lowest BCUT2D eigenvalue weighted by atomic mass is 9.91. The Morgan fingerprint density at radius 1 is 0.839 bits per heavy atom. The van der Waals surface area contributed by atoms with Crippen LogP contribution >= 0.6 is 0 Å². The number of aliphatic hydroxyl groups is 1. The summed E-state index contributed by atoms with van der Waals surface area (Å²) in [4.78, 5) is 0. The van der Waals surface area contributed by atoms with Crippen molar-refractivity contribution in [2.24, 2.45) is 5.92 Å². The third-order valence-electron chi connectivity index (χ3n) is 6.03. The zero-order valence-electron chi connectivity index (χ0n) is 19.5. The van der Waals surface area contributed by atoms with E-state index in [1.54, 1.807) is 6.07 Å². The predicted octanol–water partition coefficient (Wildman–Crippen LogP) is 7.50. The molecular weight excluding hydrogens is 405 g/mol. The van der Waals surface area contributed by atoms with Crippen molar-refractivity contribution in [3.05, 3.63) is 35.4 Å². The lowest BCUT2D eigenvalue weighted by molar-refractivity contribution is -0.369. The number of ether oxygens (including phenoxy) is 2. The highest BCUT2D eigenvalue weighted by Crippen LogP contribution is 2.31. The smallest absolute Gasteiger partial charge is 0.343 e. The van der Waals surface area contributed by atoms with Gasteiger partial charge in [0.25, 0.3) is 5.97 Å². The molecule has 31 heavy (non-hydrogen) atoms. The van der Waals surface area contributed by atoms with E-state index in [2.05, 4.69) is 6.92 Å². The number of unbranched alkanes of at least 4 members (excludes halogenated alkanes) is 8. The Balaban J connectivity index is 2.37. The van der Waals surface area contributed by atoms with E-state index in [-0.39, 0.29) is 5.92 Å². The third-order valence-corrected chi connectivity index (χ3v) is 6.03. The molecule has 0 amide bonds. The van der Waals surface area contributed by atoms with Crippen molar-refractivity contribution in [1.82, 2.24) is 0 Å². The van der Waals surface area contributed by atoms with E-state index in [4.69, 9.17) is 9.47 Å². The zero-order chi connectivity index (χ0) is 23.2. The summed E-state index contributed by atoms with van der Waals surface area (Å²) in [6.07, 6.45) is 8.86. The Labute approximate surface area is 186 Å². The Morgan fingerprint density at radius 3 is 1.94 bits per heavy atom. The molecule has 0 aliphatic carbocycles. The van der Waals surface area contributed by atoms with Crippen LogP contribution in [0.3, 0.4) is 0 Å². The number of aryl methyl sites for hydroxylation is 1. The molecule has 0 radical (unpaired) electrons. The van der Waals surface area contributed by atoms with Gasteiger partial charge in [-0.25, -0.2) is 0 Å². The normalized spacial score (nSPS) is 13.5. The fraction of sp³-hybridized carbons (Fsp3) is 0.760. The molecule has 0 fully saturated rings. The van der Waals surface area contributed by atoms with Gasteiger partial charge in [-0.1, -0.05) is 82.9 Å². The molecule has 0 heterocycles. The molecule has 1 unspecified atom stereocenters. The molecule has 0 bridgehead atoms. The van der Waals surface area contributed by atoms with Gasteiger partial charge in [-0.05, 0) is 37.3 Å². The minimum atomic E-state index is -4.29. The molecule has 1 N–H and O–H groups in total. The molecule has 0 aliphatic rings. The predicted molar refractivity (Wildman–Crippen MR) is 119 cm³/mol. The average molecular weight is 447 g/mol. The van der Waals surface area contributed by atoms with Crippen molar-refractivity contribution in [2.75, 3.05) is 14.2 Å². The van der Waals surface area contributed by atoms with Crippen LogP contribution in [0.1, 0.15) is 95.1 Å². The number of hydrogen-bond acceptors (Lipinski definition) is 3. The highest BCUT2D eigenvalue weighted by atomic mass is 19.4. The molecule has 0 aliphatic heterocycles. The molecule has 6 heteroatoms. The Kier molecular flexibility index (Phi) is 13.4. The minimum absolute atomic E-state index is 0.0860. The number of methoxy groups -OCH3 is 2. The average Bonchev–Trinajstić information content (AvgIpc) is 2.76. The van der Waals surface area contributed by atoms with Crippen LogP contribution in [0.25, 0.3) is 0 Å². The van der Waals surface area contributed by atoms with Crippen LogP contribution in [0, 0.1) is 5.92 Å². The van der Waals surface area contributed by atoms with Crippen LogP contribution in [0.15, 0.2) is 24.3 Å². The maximum Gasteiger partial charge on any atom is 0.416 e. The Morgan fingerprint density at radius 2 is 1.39 bits per heavy atom. The molecule has 0 spiro atoms. The van der Waals surface area contributed by atoms with E-state index in [9.17, 15) is 18.3 Å². The van der Waals surface area contributed by atoms with Crippen molar-refractivity contribution < 1.29 is 27.8 Å². The van der Waals surface area contributed by atoms with Crippen LogP contribution < -0.4 is 0 Å². The molecule has 1 atom stereocenters. The first-order chi connectivity index (χ1) is 14.8. The molecule has 1 aromatic rings. The van der Waals surface area contributed by atoms with Crippen LogP contribution in [0.5, 0.6) is 0 Å². The van der Waals surface area contributed by atoms with Gasteiger partial charge in [0.2, 0.25) is 0 Å². The molecule has 1 aromatic carbocycles. The van der Waals surface area contributed by atoms with Gasteiger partial charge >= 0.3 is 6.18 Å². The molecule has 0 aromatic heterocycles. The molecule has 0 saturated carbocycles. The summed E-state index contributed by atoms with van der Waals surface area (Å²) in [5, 5.41) is 10.6. The van der Waals surface area contributed by atoms with Gasteiger partial charge in [0.05, 0.1) is 5.56 Å². The largest absolute Gasteiger partial charge is 0.416 e. The van der Waals surface area contributed by atoms with E-state index in [0.717, 1.165) is 63.0 Å². The van der Waals surface area contributed by atoms with Gasteiger partial charge in [0, 0.05) is 20.1 Å². The van der Waals surface area contributed by atoms with Crippen molar-refractivity contribution in [1.29, 1.82) is 0 Å². The van der Waals surface area contributed by atoms with Gasteiger partial charge in [-0.2, -0.15) is 13.2 Å². The minimum Gasteiger partial charge on any atom is -0.343 e. The van der Waals surface area contributed by atoms with Gasteiger partial charge in [0.1, 0.15) is 0 Å². The highest BCUT2D eigenvalue weighted by Gasteiger charge is 2.36. The fourth-order valence-electron chi connectivity index (χ4n) is 4.07. The highest BCUT2D eigenvalue weighted by molar-refractivity contribution is 5.25. The van der Waals surface area contributed by atoms with Gasteiger partial charge in [-0.15, -0.1) is 0 Å². The maximum atomic E-state index is 12.8. The second kappa shape index (κ2) is 14.9. The van der Waals surface area contributed by atoms with Crippen LogP contribution in [-0.2, 0) is 22.1 Å². The first kappa shape index (κ1) is 27.9. The number of rotatable bonds is 17. The van der Waals surface area contributed by atoms with Crippen molar-refractivity contribution in [3.8, 4) is 0 Å². The Hall–Kier alpha value is -1.11. The zero-order valence-corrected chi connectivity index (χ0v) is 19.5. The summed E-state index contributed by atoms with van der Waals surface area (Å²) in [6, 6.07) is 5.58. The number of alkyl halides is 3. The lowest BCUT2D eigenvalue weighted by Crippen LogP contribution is -2.42. The lowest BCUT2D eigenvalue weighted by Gasteiger charge is -2.33. The quantitative estimate of drug-likeness (QED) is 0.199. The number of hydrogen-bond donors (Lipinski definition) is 1. The maximum absolute atomic E-state index is 12.8. The molecular formula is C25H41F3O3. The number of halogens is 3. The SMILES string of the molecule is CCCCCCCCC(CCCCCCc1cccc(C(F)(F)F)c1)C(O)(OC)OC. The van der Waals surface area contributed by atoms with Crippen LogP contribution in [0.4, 0.5) is 13.2 Å². The molecule has 3 nitrogen and oxygen atoms in total. The van der Waals surface area contributed by atoms with Gasteiger partial charge < -0.3 is 14.6 Å². The first-order valence-corrected chi connectivity index (χ1v) is 11.8. The van der Waals surface area contributed by atoms with E-state index in [0.29, 0.717) is 6.42 Å². The molecule has 1 rings (SSSR count). The topological polar surface area (TPSA) is 38.7 Å². The van der Waals surface area contributed by atoms with Crippen LogP contribution in [-0.4, -0.2) is 25.3 Å². The summed E-state index contributed by atoms with van der Waals surface area (Å²) < 4.78 is 49.0. The van der Waals surface area contributed by atoms with Crippen molar-refractivity contribution >= 4 is 0 Å². The van der Waals surface area contributed by atoms with Gasteiger partial charge in [-0.3, -0.25) is 0 Å². The molecule has 0 saturated heterocycles. The van der Waals surface area contributed by atoms with Crippen molar-refractivity contribution in [2.45, 2.75) is 103 Å². The van der Waals surface area contributed by atoms with Crippen molar-refractivity contribution in [3.63, 3.8) is 0 Å². The third kappa shape index (κ3) is 10.8. The van der Waals surface area contributed by atoms with Crippen LogP contribution in [0.2, 0.25) is 0 Å². The first-order valence-electron chi connectivity index (χ1n) is 11.8.